The minimum absolute atomic E-state index is 0.144. The lowest BCUT2D eigenvalue weighted by Crippen LogP contribution is -2.40. The number of sulfonamides is 1. The van der Waals surface area contributed by atoms with E-state index in [2.05, 4.69) is 19.8 Å². The highest BCUT2D eigenvalue weighted by Gasteiger charge is 2.25. The first-order valence-corrected chi connectivity index (χ1v) is 9.53. The summed E-state index contributed by atoms with van der Waals surface area (Å²) in [4.78, 5) is 6.71. The zero-order valence-corrected chi connectivity index (χ0v) is 14.6. The Morgan fingerprint density at radius 3 is 2.73 bits per heavy atom. The summed E-state index contributed by atoms with van der Waals surface area (Å²) in [7, 11) is -3.12. The first-order valence-electron chi connectivity index (χ1n) is 7.63. The van der Waals surface area contributed by atoms with Crippen molar-refractivity contribution < 1.29 is 12.9 Å². The van der Waals surface area contributed by atoms with Gasteiger partial charge in [-0.1, -0.05) is 25.9 Å². The molecule has 7 nitrogen and oxygen atoms in total. The van der Waals surface area contributed by atoms with Crippen LogP contribution in [0.25, 0.3) is 0 Å². The van der Waals surface area contributed by atoms with Gasteiger partial charge in [0, 0.05) is 18.5 Å². The van der Waals surface area contributed by atoms with Gasteiger partial charge in [0.15, 0.2) is 5.82 Å². The molecule has 2 rings (SSSR count). The lowest BCUT2D eigenvalue weighted by Gasteiger charge is -2.31. The van der Waals surface area contributed by atoms with Gasteiger partial charge in [-0.05, 0) is 25.3 Å². The molecule has 22 heavy (non-hydrogen) atoms. The van der Waals surface area contributed by atoms with Crippen LogP contribution in [0.4, 0.5) is 0 Å². The second kappa shape index (κ2) is 6.64. The minimum atomic E-state index is -3.12. The van der Waals surface area contributed by atoms with Crippen molar-refractivity contribution >= 4 is 10.0 Å². The van der Waals surface area contributed by atoms with Crippen molar-refractivity contribution in [2.24, 2.45) is 5.92 Å². The Morgan fingerprint density at radius 2 is 2.14 bits per heavy atom. The third-order valence-electron chi connectivity index (χ3n) is 3.71. The molecule has 0 saturated carbocycles. The van der Waals surface area contributed by atoms with Gasteiger partial charge < -0.3 is 4.52 Å². The zero-order valence-electron chi connectivity index (χ0n) is 13.8. The van der Waals surface area contributed by atoms with E-state index in [4.69, 9.17) is 4.52 Å². The third-order valence-corrected chi connectivity index (χ3v) is 4.40. The number of rotatable bonds is 5. The van der Waals surface area contributed by atoms with E-state index in [9.17, 15) is 8.42 Å². The Hall–Kier alpha value is -0.990. The van der Waals surface area contributed by atoms with E-state index in [0.29, 0.717) is 30.7 Å². The Morgan fingerprint density at radius 1 is 1.41 bits per heavy atom. The molecule has 1 aromatic heterocycles. The SMILES string of the molecule is CC(C)(C)c1nc(CN2CCC[C@H](CNS(C)(=O)=O)C2)no1. The van der Waals surface area contributed by atoms with E-state index in [1.807, 2.05) is 20.8 Å². The van der Waals surface area contributed by atoms with Crippen LogP contribution in [0, 0.1) is 5.92 Å². The smallest absolute Gasteiger partial charge is 0.232 e. The maximum Gasteiger partial charge on any atom is 0.232 e. The van der Waals surface area contributed by atoms with Crippen LogP contribution in [-0.2, 0) is 22.0 Å². The Kier molecular flexibility index (Phi) is 5.24. The lowest BCUT2D eigenvalue weighted by molar-refractivity contribution is 0.163. The van der Waals surface area contributed by atoms with Crippen LogP contribution >= 0.6 is 0 Å². The van der Waals surface area contributed by atoms with Gasteiger partial charge in [-0.2, -0.15) is 4.98 Å². The van der Waals surface area contributed by atoms with Crippen molar-refractivity contribution in [2.45, 2.75) is 45.6 Å². The topological polar surface area (TPSA) is 88.3 Å². The average molecular weight is 330 g/mol. The van der Waals surface area contributed by atoms with Crippen LogP contribution in [-0.4, -0.2) is 49.3 Å². The Balaban J connectivity index is 1.89. The molecule has 1 aromatic rings. The second-order valence-corrected chi connectivity index (χ2v) is 8.96. The highest BCUT2D eigenvalue weighted by molar-refractivity contribution is 7.88. The predicted molar refractivity (Wildman–Crippen MR) is 83.8 cm³/mol. The fourth-order valence-electron chi connectivity index (χ4n) is 2.55. The largest absolute Gasteiger partial charge is 0.339 e. The van der Waals surface area contributed by atoms with Gasteiger partial charge in [-0.3, -0.25) is 4.90 Å². The summed E-state index contributed by atoms with van der Waals surface area (Å²) in [6.45, 7) is 9.09. The van der Waals surface area contributed by atoms with E-state index >= 15 is 0 Å². The molecule has 1 fully saturated rings. The molecule has 1 saturated heterocycles. The molecule has 1 aliphatic heterocycles. The van der Waals surface area contributed by atoms with Gasteiger partial charge >= 0.3 is 0 Å². The van der Waals surface area contributed by atoms with Crippen molar-refractivity contribution in [3.63, 3.8) is 0 Å². The molecule has 1 N–H and O–H groups in total. The first-order chi connectivity index (χ1) is 10.1. The molecule has 0 amide bonds. The summed E-state index contributed by atoms with van der Waals surface area (Å²) < 4.78 is 30.3. The molecular weight excluding hydrogens is 304 g/mol. The molecule has 0 aliphatic carbocycles. The third kappa shape index (κ3) is 5.33. The van der Waals surface area contributed by atoms with Crippen LogP contribution in [0.2, 0.25) is 0 Å². The molecule has 0 unspecified atom stereocenters. The first kappa shape index (κ1) is 17.4. The van der Waals surface area contributed by atoms with Crippen LogP contribution in [0.1, 0.15) is 45.3 Å². The van der Waals surface area contributed by atoms with Crippen molar-refractivity contribution in [1.29, 1.82) is 0 Å². The van der Waals surface area contributed by atoms with Gasteiger partial charge in [-0.15, -0.1) is 0 Å². The normalized spacial score (nSPS) is 21.2. The molecule has 2 heterocycles. The summed E-state index contributed by atoms with van der Waals surface area (Å²) >= 11 is 0. The molecule has 126 valence electrons. The number of aromatic nitrogens is 2. The summed E-state index contributed by atoms with van der Waals surface area (Å²) in [6, 6.07) is 0. The number of nitrogens with one attached hydrogen (secondary N) is 1. The highest BCUT2D eigenvalue weighted by atomic mass is 32.2. The number of hydrogen-bond donors (Lipinski definition) is 1. The molecule has 1 aliphatic rings. The molecule has 8 heteroatoms. The summed E-state index contributed by atoms with van der Waals surface area (Å²) in [6.07, 6.45) is 3.29. The van der Waals surface area contributed by atoms with Crippen molar-refractivity contribution in [2.75, 3.05) is 25.9 Å². The summed E-state index contributed by atoms with van der Waals surface area (Å²) in [5, 5.41) is 4.05. The number of likely N-dealkylation sites (tertiary alicyclic amines) is 1. The highest BCUT2D eigenvalue weighted by Crippen LogP contribution is 2.21. The van der Waals surface area contributed by atoms with Gasteiger partial charge in [0.25, 0.3) is 0 Å². The predicted octanol–water partition coefficient (Wildman–Crippen LogP) is 1.13. The molecule has 0 aromatic carbocycles. The van der Waals surface area contributed by atoms with E-state index < -0.39 is 10.0 Å². The average Bonchev–Trinajstić information content (AvgIpc) is 2.84. The fourth-order valence-corrected chi connectivity index (χ4v) is 3.09. The van der Waals surface area contributed by atoms with E-state index in [-0.39, 0.29) is 5.41 Å². The Bertz CT molecular complexity index is 591. The summed E-state index contributed by atoms with van der Waals surface area (Å²) in [5.74, 6) is 1.67. The van der Waals surface area contributed by atoms with Gasteiger partial charge in [0.05, 0.1) is 12.8 Å². The molecule has 1 atom stereocenters. The van der Waals surface area contributed by atoms with Gasteiger partial charge in [-0.25, -0.2) is 13.1 Å². The van der Waals surface area contributed by atoms with E-state index in [1.165, 1.54) is 6.26 Å². The number of piperidine rings is 1. The quantitative estimate of drug-likeness (QED) is 0.870. The lowest BCUT2D eigenvalue weighted by atomic mass is 9.97. The Labute approximate surface area is 132 Å². The van der Waals surface area contributed by atoms with Crippen molar-refractivity contribution in [3.8, 4) is 0 Å². The summed E-state index contributed by atoms with van der Waals surface area (Å²) in [5.41, 5.74) is -0.144. The van der Waals surface area contributed by atoms with E-state index in [0.717, 1.165) is 25.9 Å². The van der Waals surface area contributed by atoms with Crippen LogP contribution in [0.3, 0.4) is 0 Å². The van der Waals surface area contributed by atoms with Gasteiger partial charge in [0.1, 0.15) is 0 Å². The van der Waals surface area contributed by atoms with Crippen LogP contribution in [0.5, 0.6) is 0 Å². The monoisotopic (exact) mass is 330 g/mol. The van der Waals surface area contributed by atoms with Crippen LogP contribution < -0.4 is 4.72 Å². The van der Waals surface area contributed by atoms with E-state index in [1.54, 1.807) is 0 Å². The fraction of sp³-hybridized carbons (Fsp3) is 0.857. The number of nitrogens with zero attached hydrogens (tertiary/aromatic N) is 3. The van der Waals surface area contributed by atoms with Gasteiger partial charge in [0.2, 0.25) is 15.9 Å². The van der Waals surface area contributed by atoms with Crippen molar-refractivity contribution in [3.05, 3.63) is 11.7 Å². The maximum absolute atomic E-state index is 11.2. The number of hydrogen-bond acceptors (Lipinski definition) is 6. The standard InChI is InChI=1S/C14H26N4O3S/c1-14(2,3)13-16-12(17-21-13)10-18-7-5-6-11(9-18)8-15-22(4,19)20/h11,15H,5-10H2,1-4H3/t11-/m1/s1. The molecule has 0 bridgehead atoms. The second-order valence-electron chi connectivity index (χ2n) is 7.13. The molecular formula is C14H26N4O3S. The zero-order chi connectivity index (χ0) is 16.4. The molecule has 0 radical (unpaired) electrons. The minimum Gasteiger partial charge on any atom is -0.339 e. The molecule has 0 spiro atoms. The maximum atomic E-state index is 11.2. The van der Waals surface area contributed by atoms with Crippen LogP contribution in [0.15, 0.2) is 4.52 Å². The van der Waals surface area contributed by atoms with Crippen molar-refractivity contribution in [1.82, 2.24) is 19.8 Å².